The average Bonchev–Trinajstić information content (AvgIpc) is 2.83. The van der Waals surface area contributed by atoms with Crippen LogP contribution in [0.3, 0.4) is 0 Å². The molecule has 3 N–H and O–H groups in total. The molecule has 0 fully saturated rings. The van der Waals surface area contributed by atoms with Gasteiger partial charge in [-0.3, -0.25) is 4.57 Å². The standard InChI is InChI=1S/C14H15N5OS2/c1-21-8-22-13-17-11(15)10-12(18-13)19(14(20)16-10)7-9-5-3-2-4-6-9/h2-6H,7-8H2,1H3,(H,16,20)(H2,15,17,18). The van der Waals surface area contributed by atoms with E-state index >= 15 is 0 Å². The van der Waals surface area contributed by atoms with Crippen molar-refractivity contribution >= 4 is 40.5 Å². The average molecular weight is 333 g/mol. The number of nitrogens with two attached hydrogens (primary N) is 1. The van der Waals surface area contributed by atoms with Crippen molar-refractivity contribution in [1.82, 2.24) is 19.5 Å². The molecule has 0 saturated heterocycles. The van der Waals surface area contributed by atoms with Crippen LogP contribution in [0.5, 0.6) is 6.01 Å². The number of benzene rings is 1. The number of hydrogen-bond donors (Lipinski definition) is 2. The van der Waals surface area contributed by atoms with Gasteiger partial charge in [-0.2, -0.15) is 16.7 Å². The van der Waals surface area contributed by atoms with Gasteiger partial charge >= 0.3 is 0 Å². The SMILES string of the molecule is CSCSc1nc(N)c2nc(O)n(Cc3ccccc3)c2n1. The summed E-state index contributed by atoms with van der Waals surface area (Å²) in [5, 5.41) is 11.5. The predicted molar refractivity (Wildman–Crippen MR) is 91.2 cm³/mol. The van der Waals surface area contributed by atoms with E-state index in [1.807, 2.05) is 36.6 Å². The summed E-state index contributed by atoms with van der Waals surface area (Å²) in [7, 11) is 0. The fourth-order valence-electron chi connectivity index (χ4n) is 2.08. The predicted octanol–water partition coefficient (Wildman–Crippen LogP) is 2.58. The van der Waals surface area contributed by atoms with E-state index in [9.17, 15) is 5.11 Å². The number of aromatic nitrogens is 4. The topological polar surface area (TPSA) is 89.9 Å². The molecular weight excluding hydrogens is 318 g/mol. The van der Waals surface area contributed by atoms with Crippen LogP contribution in [0.4, 0.5) is 5.82 Å². The van der Waals surface area contributed by atoms with Gasteiger partial charge in [-0.15, -0.1) is 0 Å². The van der Waals surface area contributed by atoms with Crippen LogP contribution >= 0.6 is 23.5 Å². The summed E-state index contributed by atoms with van der Waals surface area (Å²) in [6.45, 7) is 0.478. The van der Waals surface area contributed by atoms with Crippen LogP contribution in [0.25, 0.3) is 11.2 Å². The van der Waals surface area contributed by atoms with Crippen molar-refractivity contribution in [2.75, 3.05) is 17.1 Å². The lowest BCUT2D eigenvalue weighted by molar-refractivity contribution is 0.408. The first kappa shape index (κ1) is 15.0. The van der Waals surface area contributed by atoms with Crippen LogP contribution in [-0.2, 0) is 6.54 Å². The fourth-order valence-corrected chi connectivity index (χ4v) is 3.28. The van der Waals surface area contributed by atoms with Gasteiger partial charge in [-0.25, -0.2) is 9.97 Å². The third kappa shape index (κ3) is 2.97. The van der Waals surface area contributed by atoms with Gasteiger partial charge in [0.15, 0.2) is 22.1 Å². The van der Waals surface area contributed by atoms with E-state index in [0.717, 1.165) is 10.6 Å². The maximum Gasteiger partial charge on any atom is 0.296 e. The van der Waals surface area contributed by atoms with Crippen molar-refractivity contribution in [1.29, 1.82) is 0 Å². The third-order valence-electron chi connectivity index (χ3n) is 3.07. The van der Waals surface area contributed by atoms with Gasteiger partial charge in [0.05, 0.1) is 6.54 Å². The largest absolute Gasteiger partial charge is 0.480 e. The Hall–Kier alpha value is -1.93. The molecule has 22 heavy (non-hydrogen) atoms. The molecule has 2 heterocycles. The molecule has 3 rings (SSSR count). The molecule has 0 aliphatic rings. The first-order chi connectivity index (χ1) is 10.7. The molecule has 2 aromatic heterocycles. The molecule has 0 radical (unpaired) electrons. The number of anilines is 1. The number of hydrogen-bond acceptors (Lipinski definition) is 7. The number of thioether (sulfide) groups is 2. The van der Waals surface area contributed by atoms with Gasteiger partial charge in [-0.05, 0) is 11.8 Å². The molecule has 114 valence electrons. The second-order valence-corrected chi connectivity index (χ2v) is 6.77. The lowest BCUT2D eigenvalue weighted by atomic mass is 10.2. The lowest BCUT2D eigenvalue weighted by Crippen LogP contribution is -2.03. The Morgan fingerprint density at radius 2 is 1.95 bits per heavy atom. The number of fused-ring (bicyclic) bond motifs is 1. The highest BCUT2D eigenvalue weighted by atomic mass is 32.2. The van der Waals surface area contributed by atoms with Crippen molar-refractivity contribution in [3.05, 3.63) is 35.9 Å². The van der Waals surface area contributed by atoms with Crippen molar-refractivity contribution in [2.24, 2.45) is 0 Å². The maximum absolute atomic E-state index is 10.1. The summed E-state index contributed by atoms with van der Waals surface area (Å²) in [5.41, 5.74) is 7.98. The highest BCUT2D eigenvalue weighted by Crippen LogP contribution is 2.27. The zero-order valence-electron chi connectivity index (χ0n) is 11.9. The molecule has 6 nitrogen and oxygen atoms in total. The van der Waals surface area contributed by atoms with E-state index in [1.165, 1.54) is 11.8 Å². The summed E-state index contributed by atoms with van der Waals surface area (Å²) in [6, 6.07) is 9.72. The molecule has 0 amide bonds. The number of rotatable bonds is 5. The van der Waals surface area contributed by atoms with Gasteiger partial charge < -0.3 is 10.8 Å². The van der Waals surface area contributed by atoms with Gasteiger partial charge in [0.2, 0.25) is 0 Å². The zero-order chi connectivity index (χ0) is 15.5. The van der Waals surface area contributed by atoms with Crippen LogP contribution in [0.15, 0.2) is 35.5 Å². The Labute approximate surface area is 136 Å². The fraction of sp³-hybridized carbons (Fsp3) is 0.214. The van der Waals surface area contributed by atoms with Gasteiger partial charge in [-0.1, -0.05) is 42.1 Å². The molecular formula is C14H15N5OS2. The van der Waals surface area contributed by atoms with Crippen molar-refractivity contribution in [2.45, 2.75) is 11.7 Å². The highest BCUT2D eigenvalue weighted by molar-refractivity contribution is 8.15. The van der Waals surface area contributed by atoms with Gasteiger partial charge in [0.1, 0.15) is 0 Å². The van der Waals surface area contributed by atoms with Crippen LogP contribution in [0, 0.1) is 0 Å². The van der Waals surface area contributed by atoms with Crippen LogP contribution < -0.4 is 5.73 Å². The number of nitrogens with zero attached hydrogens (tertiary/aromatic N) is 4. The Bertz CT molecular complexity index is 791. The Kier molecular flexibility index (Phi) is 4.39. The molecule has 0 aliphatic heterocycles. The van der Waals surface area contributed by atoms with Gasteiger partial charge in [0, 0.05) is 5.08 Å². The van der Waals surface area contributed by atoms with Crippen LogP contribution in [0.2, 0.25) is 0 Å². The molecule has 0 saturated carbocycles. The quantitative estimate of drug-likeness (QED) is 0.421. The highest BCUT2D eigenvalue weighted by Gasteiger charge is 2.16. The molecule has 1 aromatic carbocycles. The summed E-state index contributed by atoms with van der Waals surface area (Å²) >= 11 is 3.20. The second kappa shape index (κ2) is 6.45. The molecule has 0 unspecified atom stereocenters. The summed E-state index contributed by atoms with van der Waals surface area (Å²) in [5.74, 6) is 0.288. The molecule has 8 heteroatoms. The maximum atomic E-state index is 10.1. The zero-order valence-corrected chi connectivity index (χ0v) is 13.6. The summed E-state index contributed by atoms with van der Waals surface area (Å²) in [6.07, 6.45) is 2.01. The van der Waals surface area contributed by atoms with E-state index in [-0.39, 0.29) is 11.8 Å². The minimum atomic E-state index is -0.105. The van der Waals surface area contributed by atoms with Gasteiger partial charge in [0.25, 0.3) is 6.01 Å². The van der Waals surface area contributed by atoms with E-state index in [1.54, 1.807) is 16.3 Å². The minimum Gasteiger partial charge on any atom is -0.480 e. The van der Waals surface area contributed by atoms with Crippen molar-refractivity contribution in [3.63, 3.8) is 0 Å². The van der Waals surface area contributed by atoms with E-state index in [0.29, 0.717) is 22.9 Å². The number of nitrogen functional groups attached to an aromatic ring is 1. The molecule has 3 aromatic rings. The Morgan fingerprint density at radius 3 is 2.68 bits per heavy atom. The molecule has 0 aliphatic carbocycles. The number of imidazole rings is 1. The van der Waals surface area contributed by atoms with E-state index < -0.39 is 0 Å². The lowest BCUT2D eigenvalue weighted by Gasteiger charge is -2.06. The summed E-state index contributed by atoms with van der Waals surface area (Å²) < 4.78 is 1.64. The third-order valence-corrected chi connectivity index (χ3v) is 4.93. The van der Waals surface area contributed by atoms with Crippen molar-refractivity contribution in [3.8, 4) is 6.01 Å². The minimum absolute atomic E-state index is 0.105. The first-order valence-electron chi connectivity index (χ1n) is 6.57. The molecule has 0 spiro atoms. The Balaban J connectivity index is 2.05. The van der Waals surface area contributed by atoms with Crippen LogP contribution in [0.1, 0.15) is 5.56 Å². The normalized spacial score (nSPS) is 11.1. The summed E-state index contributed by atoms with van der Waals surface area (Å²) in [4.78, 5) is 12.8. The van der Waals surface area contributed by atoms with Crippen LogP contribution in [-0.4, -0.2) is 36.0 Å². The first-order valence-corrected chi connectivity index (χ1v) is 8.95. The Morgan fingerprint density at radius 1 is 1.18 bits per heavy atom. The molecule has 0 atom stereocenters. The van der Waals surface area contributed by atoms with E-state index in [4.69, 9.17) is 5.73 Å². The van der Waals surface area contributed by atoms with Crippen molar-refractivity contribution < 1.29 is 5.11 Å². The smallest absolute Gasteiger partial charge is 0.296 e. The van der Waals surface area contributed by atoms with E-state index in [2.05, 4.69) is 15.0 Å². The number of aromatic hydroxyl groups is 1. The monoisotopic (exact) mass is 333 g/mol. The molecule has 0 bridgehead atoms. The second-order valence-electron chi connectivity index (χ2n) is 4.60.